The van der Waals surface area contributed by atoms with Gasteiger partial charge in [-0.05, 0) is 6.07 Å². The van der Waals surface area contributed by atoms with Crippen molar-refractivity contribution in [1.29, 1.82) is 5.26 Å². The van der Waals surface area contributed by atoms with E-state index in [4.69, 9.17) is 21.3 Å². The van der Waals surface area contributed by atoms with Crippen LogP contribution in [0.2, 0.25) is 0 Å². The third-order valence-corrected chi connectivity index (χ3v) is 2.02. The normalized spacial score (nSPS) is 10.9. The first kappa shape index (κ1) is 11.6. The molecular formula is C9H11N5O2. The number of nitrogens with zero attached hydrogens (tertiary/aromatic N) is 3. The first-order valence-electron chi connectivity index (χ1n) is 4.23. The number of pyridine rings is 1. The van der Waals surface area contributed by atoms with Crippen LogP contribution in [0, 0.1) is 11.3 Å². The summed E-state index contributed by atoms with van der Waals surface area (Å²) in [6.07, 6.45) is 0. The molecule has 0 spiro atoms. The van der Waals surface area contributed by atoms with Gasteiger partial charge in [0.1, 0.15) is 11.3 Å². The molecule has 1 rings (SSSR count). The largest absolute Gasteiger partial charge is 0.481 e. The van der Waals surface area contributed by atoms with Crippen molar-refractivity contribution in [3.63, 3.8) is 0 Å². The van der Waals surface area contributed by atoms with Crippen molar-refractivity contribution >= 4 is 12.5 Å². The molecule has 0 atom stereocenters. The highest BCUT2D eigenvalue weighted by Crippen LogP contribution is 1.81. The van der Waals surface area contributed by atoms with Crippen LogP contribution in [0.15, 0.2) is 11.1 Å². The Morgan fingerprint density at radius 1 is 1.69 bits per heavy atom. The van der Waals surface area contributed by atoms with Crippen LogP contribution >= 0.6 is 0 Å². The second-order valence-corrected chi connectivity index (χ2v) is 2.87. The number of hydrazine groups is 1. The van der Waals surface area contributed by atoms with Gasteiger partial charge < -0.3 is 10.2 Å². The van der Waals surface area contributed by atoms with Crippen molar-refractivity contribution in [2.75, 3.05) is 12.6 Å². The van der Waals surface area contributed by atoms with Gasteiger partial charge in [0.25, 0.3) is 5.95 Å². The Morgan fingerprint density at radius 3 is 2.69 bits per heavy atom. The fraction of sp³-hybridized carbons (Fsp3) is 0.111. The lowest BCUT2D eigenvalue weighted by molar-refractivity contribution is 0.297. The molecule has 7 nitrogen and oxygen atoms in total. The second kappa shape index (κ2) is 4.37. The zero-order chi connectivity index (χ0) is 12.3. The molecule has 16 heavy (non-hydrogen) atoms. The minimum atomic E-state index is -0.943. The molecule has 0 radical (unpaired) electrons. The second-order valence-electron chi connectivity index (χ2n) is 2.87. The topological polar surface area (TPSA) is 120 Å². The molecule has 0 aliphatic carbocycles. The van der Waals surface area contributed by atoms with Gasteiger partial charge in [0.05, 0.1) is 10.9 Å². The van der Waals surface area contributed by atoms with E-state index in [1.54, 1.807) is 0 Å². The number of hydrogen-bond acceptors (Lipinski definition) is 6. The van der Waals surface area contributed by atoms with Crippen molar-refractivity contribution in [1.82, 2.24) is 4.68 Å². The molecular weight excluding hydrogens is 210 g/mol. The Labute approximate surface area is 90.6 Å². The number of rotatable bonds is 1. The predicted molar refractivity (Wildman–Crippen MR) is 57.6 cm³/mol. The van der Waals surface area contributed by atoms with Crippen molar-refractivity contribution in [3.05, 3.63) is 27.7 Å². The van der Waals surface area contributed by atoms with E-state index < -0.39 is 5.95 Å². The Kier molecular flexibility index (Phi) is 3.17. The summed E-state index contributed by atoms with van der Waals surface area (Å²) in [4.78, 5) is 3.83. The van der Waals surface area contributed by atoms with E-state index in [1.807, 2.05) is 6.07 Å². The quantitative estimate of drug-likeness (QED) is 0.320. The van der Waals surface area contributed by atoms with Gasteiger partial charge >= 0.3 is 0 Å². The van der Waals surface area contributed by atoms with Crippen LogP contribution in [-0.4, -0.2) is 21.9 Å². The van der Waals surface area contributed by atoms with Crippen molar-refractivity contribution in [2.24, 2.45) is 10.8 Å². The zero-order valence-corrected chi connectivity index (χ0v) is 8.60. The number of hydrogen-bond donors (Lipinski definition) is 4. The molecule has 0 fully saturated rings. The van der Waals surface area contributed by atoms with Gasteiger partial charge in [-0.15, -0.1) is 0 Å². The van der Waals surface area contributed by atoms with Gasteiger partial charge in [-0.25, -0.2) is 10.5 Å². The fourth-order valence-electron chi connectivity index (χ4n) is 1.28. The van der Waals surface area contributed by atoms with Gasteiger partial charge in [0.2, 0.25) is 0 Å². The minimum Gasteiger partial charge on any atom is -0.481 e. The molecule has 84 valence electrons. The molecule has 0 bridgehead atoms. The van der Waals surface area contributed by atoms with E-state index in [2.05, 4.69) is 17.1 Å². The zero-order valence-electron chi connectivity index (χ0n) is 8.60. The molecule has 0 saturated heterocycles. The predicted octanol–water partition coefficient (Wildman–Crippen LogP) is -2.10. The molecule has 7 heteroatoms. The lowest BCUT2D eigenvalue weighted by Crippen LogP contribution is -2.51. The molecule has 1 aromatic heterocycles. The van der Waals surface area contributed by atoms with Crippen LogP contribution in [0.3, 0.4) is 0 Å². The van der Waals surface area contributed by atoms with Gasteiger partial charge in [0, 0.05) is 7.05 Å². The van der Waals surface area contributed by atoms with Crippen LogP contribution < -0.4 is 27.4 Å². The Hall–Kier alpha value is -2.46. The Morgan fingerprint density at radius 2 is 2.31 bits per heavy atom. The average Bonchev–Trinajstić information content (AvgIpc) is 2.27. The van der Waals surface area contributed by atoms with Crippen molar-refractivity contribution in [2.45, 2.75) is 0 Å². The molecule has 1 heterocycles. The summed E-state index contributed by atoms with van der Waals surface area (Å²) >= 11 is 0. The molecule has 0 aromatic carbocycles. The first-order chi connectivity index (χ1) is 7.56. The Bertz CT molecular complexity index is 619. The first-order valence-corrected chi connectivity index (χ1v) is 4.23. The highest BCUT2D eigenvalue weighted by Gasteiger charge is 2.04. The van der Waals surface area contributed by atoms with Crippen molar-refractivity contribution < 1.29 is 10.2 Å². The van der Waals surface area contributed by atoms with Gasteiger partial charge in [-0.1, -0.05) is 6.58 Å². The lowest BCUT2D eigenvalue weighted by Gasteiger charge is -2.08. The molecule has 5 N–H and O–H groups in total. The molecule has 1 aromatic rings. The number of nitriles is 1. The smallest absolute Gasteiger partial charge is 0.285 e. The number of nitrogens with one attached hydrogen (secondary N) is 1. The summed E-state index contributed by atoms with van der Waals surface area (Å²) in [6.45, 7) is 3.64. The van der Waals surface area contributed by atoms with Crippen LogP contribution in [0.1, 0.15) is 5.56 Å². The summed E-state index contributed by atoms with van der Waals surface area (Å²) in [5, 5.41) is 27.2. The van der Waals surface area contributed by atoms with E-state index in [1.165, 1.54) is 17.8 Å². The van der Waals surface area contributed by atoms with Crippen LogP contribution in [-0.2, 0) is 0 Å². The molecule has 0 aliphatic rings. The highest BCUT2D eigenvalue weighted by atomic mass is 16.5. The number of nitrogens with two attached hydrogens (primary N) is 1. The van der Waals surface area contributed by atoms with Crippen LogP contribution in [0.5, 0.6) is 0 Å². The fourth-order valence-corrected chi connectivity index (χ4v) is 1.28. The number of aromatic nitrogens is 1. The summed E-state index contributed by atoms with van der Waals surface area (Å²) in [5.74, 6) is 4.31. The summed E-state index contributed by atoms with van der Waals surface area (Å²) in [6, 6.07) is 3.13. The number of aliphatic hydroxyl groups is 2. The third kappa shape index (κ3) is 1.69. The van der Waals surface area contributed by atoms with E-state index in [9.17, 15) is 0 Å². The van der Waals surface area contributed by atoms with Crippen LogP contribution in [0.4, 0.5) is 0 Å². The van der Waals surface area contributed by atoms with E-state index in [0.29, 0.717) is 0 Å². The molecule has 0 saturated carbocycles. The maximum Gasteiger partial charge on any atom is 0.285 e. The summed E-state index contributed by atoms with van der Waals surface area (Å²) in [5.41, 5.74) is 2.57. The lowest BCUT2D eigenvalue weighted by atomic mass is 10.2. The van der Waals surface area contributed by atoms with Gasteiger partial charge in [0.15, 0.2) is 5.49 Å². The molecule has 0 amide bonds. The summed E-state index contributed by atoms with van der Waals surface area (Å²) in [7, 11) is 1.45. The van der Waals surface area contributed by atoms with Crippen molar-refractivity contribution in [3.8, 4) is 6.07 Å². The van der Waals surface area contributed by atoms with E-state index in [0.717, 1.165) is 0 Å². The van der Waals surface area contributed by atoms with Gasteiger partial charge in [-0.2, -0.15) is 5.26 Å². The minimum absolute atomic E-state index is 0.00981. The SMILES string of the molecule is C=c1c(C#N)cc(=C(O)O)c(=NC)n1NN. The molecule has 0 aliphatic heterocycles. The standard InChI is InChI=1S/C9H11N5O2/c1-5-6(4-10)3-7(9(15)16)8(12-2)14(5)13-11/h3,13,15-16H,1,11H2,2H3. The van der Waals surface area contributed by atoms with E-state index in [-0.39, 0.29) is 21.6 Å². The Balaban J connectivity index is 4.06. The number of aliphatic hydroxyl groups excluding tert-OH is 1. The van der Waals surface area contributed by atoms with Gasteiger partial charge in [-0.3, -0.25) is 10.5 Å². The maximum absolute atomic E-state index is 9.07. The van der Waals surface area contributed by atoms with Crippen LogP contribution in [0.25, 0.3) is 12.5 Å². The highest BCUT2D eigenvalue weighted by molar-refractivity contribution is 5.34. The third-order valence-electron chi connectivity index (χ3n) is 2.02. The van der Waals surface area contributed by atoms with E-state index >= 15 is 0 Å². The average molecular weight is 221 g/mol. The maximum atomic E-state index is 9.07. The monoisotopic (exact) mass is 221 g/mol. The summed E-state index contributed by atoms with van der Waals surface area (Å²) < 4.78 is 1.18. The number of nitrogen functional groups attached to an aromatic ring is 1. The molecule has 0 unspecified atom stereocenters.